The van der Waals surface area contributed by atoms with E-state index in [-0.39, 0.29) is 11.5 Å². The monoisotopic (exact) mass is 314 g/mol. The number of carbonyl (C=O) groups is 1. The lowest BCUT2D eigenvalue weighted by Gasteiger charge is -2.17. The molecule has 0 bridgehead atoms. The number of phenolic OH excluding ortho intramolecular Hbond substituents is 1. The number of phenols is 1. The summed E-state index contributed by atoms with van der Waals surface area (Å²) in [5.74, 6) is -0.837. The van der Waals surface area contributed by atoms with Crippen molar-refractivity contribution in [2.75, 3.05) is 0 Å². The quantitative estimate of drug-likeness (QED) is 0.766. The van der Waals surface area contributed by atoms with Gasteiger partial charge in [-0.1, -0.05) is 50.1 Å². The highest BCUT2D eigenvalue weighted by atomic mass is 16.5. The number of carboxylic acid groups (broad SMARTS) is 1. The molecule has 0 saturated heterocycles. The number of benzene rings is 2. The second-order valence-electron chi connectivity index (χ2n) is 5.59. The summed E-state index contributed by atoms with van der Waals surface area (Å²) in [7, 11) is 0. The SMILES string of the molecule is CCCCC(C(=O)O)c1cccc(Oc2ccccc2C)c1O. The number of aliphatic carboxylic acids is 1. The van der Waals surface area contributed by atoms with E-state index >= 15 is 0 Å². The van der Waals surface area contributed by atoms with Crippen molar-refractivity contribution in [1.82, 2.24) is 0 Å². The van der Waals surface area contributed by atoms with E-state index in [2.05, 4.69) is 0 Å². The highest BCUT2D eigenvalue weighted by Gasteiger charge is 2.24. The smallest absolute Gasteiger partial charge is 0.311 e. The van der Waals surface area contributed by atoms with Crippen molar-refractivity contribution in [3.8, 4) is 17.2 Å². The van der Waals surface area contributed by atoms with Crippen molar-refractivity contribution in [1.29, 1.82) is 0 Å². The highest BCUT2D eigenvalue weighted by molar-refractivity contribution is 5.77. The standard InChI is InChI=1S/C19H22O4/c1-3-4-9-15(19(21)22)14-10-7-12-17(18(14)20)23-16-11-6-5-8-13(16)2/h5-8,10-12,15,20H,3-4,9H2,1-2H3,(H,21,22). The fraction of sp³-hybridized carbons (Fsp3) is 0.316. The Morgan fingerprint density at radius 1 is 1.13 bits per heavy atom. The zero-order chi connectivity index (χ0) is 16.8. The molecule has 4 nitrogen and oxygen atoms in total. The van der Waals surface area contributed by atoms with Gasteiger partial charge in [-0.05, 0) is 31.0 Å². The Morgan fingerprint density at radius 2 is 1.83 bits per heavy atom. The first kappa shape index (κ1) is 16.9. The first-order valence-corrected chi connectivity index (χ1v) is 7.82. The van der Waals surface area contributed by atoms with Gasteiger partial charge >= 0.3 is 5.97 Å². The zero-order valence-corrected chi connectivity index (χ0v) is 13.5. The maximum atomic E-state index is 11.5. The number of carboxylic acids is 1. The van der Waals surface area contributed by atoms with Crippen molar-refractivity contribution in [3.63, 3.8) is 0 Å². The van der Waals surface area contributed by atoms with Crippen LogP contribution in [0.2, 0.25) is 0 Å². The number of rotatable bonds is 7. The zero-order valence-electron chi connectivity index (χ0n) is 13.5. The molecule has 0 radical (unpaired) electrons. The van der Waals surface area contributed by atoms with Gasteiger partial charge in [-0.3, -0.25) is 4.79 Å². The Labute approximate surface area is 136 Å². The Kier molecular flexibility index (Phi) is 5.63. The summed E-state index contributed by atoms with van der Waals surface area (Å²) in [5, 5.41) is 19.9. The molecule has 0 aromatic heterocycles. The lowest BCUT2D eigenvalue weighted by atomic mass is 9.92. The van der Waals surface area contributed by atoms with Gasteiger partial charge in [0.15, 0.2) is 11.5 Å². The van der Waals surface area contributed by atoms with Gasteiger partial charge in [0.1, 0.15) is 5.75 Å². The van der Waals surface area contributed by atoms with E-state index in [0.717, 1.165) is 18.4 Å². The summed E-state index contributed by atoms with van der Waals surface area (Å²) >= 11 is 0. The predicted octanol–water partition coefficient (Wildman–Crippen LogP) is 4.85. The minimum absolute atomic E-state index is 0.0979. The van der Waals surface area contributed by atoms with Crippen LogP contribution < -0.4 is 4.74 Å². The average Bonchev–Trinajstić information content (AvgIpc) is 2.52. The van der Waals surface area contributed by atoms with Gasteiger partial charge in [0, 0.05) is 5.56 Å². The second-order valence-corrected chi connectivity index (χ2v) is 5.59. The minimum atomic E-state index is -0.929. The first-order valence-electron chi connectivity index (χ1n) is 7.82. The summed E-state index contributed by atoms with van der Waals surface area (Å²) in [6.07, 6.45) is 2.19. The molecule has 0 fully saturated rings. The molecule has 1 unspecified atom stereocenters. The van der Waals surface area contributed by atoms with Crippen molar-refractivity contribution in [3.05, 3.63) is 53.6 Å². The second kappa shape index (κ2) is 7.68. The van der Waals surface area contributed by atoms with Crippen molar-refractivity contribution >= 4 is 5.97 Å². The molecule has 0 spiro atoms. The Hall–Kier alpha value is -2.49. The topological polar surface area (TPSA) is 66.8 Å². The Bertz CT molecular complexity index is 679. The number of aromatic hydroxyl groups is 1. The average molecular weight is 314 g/mol. The van der Waals surface area contributed by atoms with Crippen molar-refractivity contribution in [2.24, 2.45) is 0 Å². The highest BCUT2D eigenvalue weighted by Crippen LogP contribution is 2.39. The fourth-order valence-electron chi connectivity index (χ4n) is 2.51. The summed E-state index contributed by atoms with van der Waals surface area (Å²) in [5.41, 5.74) is 1.34. The van der Waals surface area contributed by atoms with Gasteiger partial charge in [-0.15, -0.1) is 0 Å². The number of hydrogen-bond acceptors (Lipinski definition) is 3. The molecule has 2 aromatic rings. The van der Waals surface area contributed by atoms with Gasteiger partial charge in [-0.2, -0.15) is 0 Å². The molecule has 0 amide bonds. The van der Waals surface area contributed by atoms with Crippen LogP contribution in [0.5, 0.6) is 17.2 Å². The van der Waals surface area contributed by atoms with Crippen LogP contribution in [0.25, 0.3) is 0 Å². The number of ether oxygens (including phenoxy) is 1. The summed E-state index contributed by atoms with van der Waals surface area (Å²) in [6, 6.07) is 12.5. The van der Waals surface area contributed by atoms with Crippen molar-refractivity contribution < 1.29 is 19.7 Å². The van der Waals surface area contributed by atoms with Crippen LogP contribution >= 0.6 is 0 Å². The molecular formula is C19H22O4. The molecule has 0 saturated carbocycles. The number of para-hydroxylation sites is 2. The summed E-state index contributed by atoms with van der Waals surface area (Å²) in [4.78, 5) is 11.5. The Morgan fingerprint density at radius 3 is 2.48 bits per heavy atom. The molecule has 122 valence electrons. The molecule has 0 heterocycles. The van der Waals surface area contributed by atoms with Crippen LogP contribution in [-0.2, 0) is 4.79 Å². The maximum absolute atomic E-state index is 11.5. The molecule has 0 aliphatic heterocycles. The third-order valence-electron chi connectivity index (χ3n) is 3.86. The van der Waals surface area contributed by atoms with E-state index in [9.17, 15) is 15.0 Å². The van der Waals surface area contributed by atoms with Crippen LogP contribution in [0.3, 0.4) is 0 Å². The number of unbranched alkanes of at least 4 members (excludes halogenated alkanes) is 1. The van der Waals surface area contributed by atoms with E-state index < -0.39 is 11.9 Å². The molecule has 4 heteroatoms. The van der Waals surface area contributed by atoms with Gasteiger partial charge in [0.2, 0.25) is 0 Å². The largest absolute Gasteiger partial charge is 0.504 e. The Balaban J connectivity index is 2.33. The van der Waals surface area contributed by atoms with E-state index in [1.165, 1.54) is 0 Å². The van der Waals surface area contributed by atoms with Crippen LogP contribution in [0.15, 0.2) is 42.5 Å². The molecule has 2 N–H and O–H groups in total. The molecule has 0 aliphatic rings. The summed E-state index contributed by atoms with van der Waals surface area (Å²) in [6.45, 7) is 3.92. The molecule has 0 aliphatic carbocycles. The first-order chi connectivity index (χ1) is 11.0. The molecule has 2 aromatic carbocycles. The normalized spacial score (nSPS) is 11.9. The van der Waals surface area contributed by atoms with Gasteiger partial charge in [0.05, 0.1) is 5.92 Å². The molecule has 23 heavy (non-hydrogen) atoms. The molecular weight excluding hydrogens is 292 g/mol. The van der Waals surface area contributed by atoms with Gasteiger partial charge in [0.25, 0.3) is 0 Å². The maximum Gasteiger partial charge on any atom is 0.311 e. The van der Waals surface area contributed by atoms with Crippen LogP contribution in [-0.4, -0.2) is 16.2 Å². The van der Waals surface area contributed by atoms with Crippen LogP contribution in [0.1, 0.15) is 43.2 Å². The molecule has 1 atom stereocenters. The van der Waals surface area contributed by atoms with Crippen LogP contribution in [0.4, 0.5) is 0 Å². The predicted molar refractivity (Wildman–Crippen MR) is 89.3 cm³/mol. The lowest BCUT2D eigenvalue weighted by Crippen LogP contribution is -2.12. The van der Waals surface area contributed by atoms with Crippen molar-refractivity contribution in [2.45, 2.75) is 39.0 Å². The van der Waals surface area contributed by atoms with Gasteiger partial charge in [-0.25, -0.2) is 0 Å². The number of aryl methyl sites for hydroxylation is 1. The summed E-state index contributed by atoms with van der Waals surface area (Å²) < 4.78 is 5.77. The minimum Gasteiger partial charge on any atom is -0.504 e. The lowest BCUT2D eigenvalue weighted by molar-refractivity contribution is -0.139. The van der Waals surface area contributed by atoms with Gasteiger partial charge < -0.3 is 14.9 Å². The number of hydrogen-bond donors (Lipinski definition) is 2. The third-order valence-corrected chi connectivity index (χ3v) is 3.86. The van der Waals surface area contributed by atoms with E-state index in [1.54, 1.807) is 18.2 Å². The molecule has 2 rings (SSSR count). The van der Waals surface area contributed by atoms with E-state index in [1.807, 2.05) is 38.1 Å². The van der Waals surface area contributed by atoms with E-state index in [4.69, 9.17) is 4.74 Å². The fourth-order valence-corrected chi connectivity index (χ4v) is 2.51. The van der Waals surface area contributed by atoms with E-state index in [0.29, 0.717) is 17.7 Å². The van der Waals surface area contributed by atoms with Crippen LogP contribution in [0, 0.1) is 6.92 Å². The third kappa shape index (κ3) is 4.03.